The maximum Gasteiger partial charge on any atom is 0.300 e. The minimum Gasteiger partial charge on any atom is -0.483 e. The Hall–Kier alpha value is -1.39. The van der Waals surface area contributed by atoms with Gasteiger partial charge in [-0.15, -0.1) is 0 Å². The molecular formula is C5H10O5. The van der Waals surface area contributed by atoms with Crippen molar-refractivity contribution in [2.75, 3.05) is 0 Å². The lowest BCUT2D eigenvalue weighted by molar-refractivity contribution is -0.134. The molecule has 0 aliphatic carbocycles. The van der Waals surface area contributed by atoms with E-state index in [1.54, 1.807) is 0 Å². The number of rotatable bonds is 0. The first-order chi connectivity index (χ1) is 4.56. The van der Waals surface area contributed by atoms with Gasteiger partial charge in [0.25, 0.3) is 12.4 Å². The molecule has 2 N–H and O–H groups in total. The van der Waals surface area contributed by atoms with E-state index in [-0.39, 0.29) is 6.47 Å². The number of carbonyl (C=O) groups is 3. The first kappa shape index (κ1) is 15.8. The van der Waals surface area contributed by atoms with Crippen LogP contribution in [0.25, 0.3) is 0 Å². The van der Waals surface area contributed by atoms with Gasteiger partial charge in [-0.1, -0.05) is 0 Å². The third-order valence-corrected chi connectivity index (χ3v) is 0. The van der Waals surface area contributed by atoms with Crippen LogP contribution in [-0.2, 0) is 14.4 Å². The van der Waals surface area contributed by atoms with Gasteiger partial charge in [0.2, 0.25) is 0 Å². The molecule has 0 radical (unpaired) electrons. The van der Waals surface area contributed by atoms with Gasteiger partial charge in [-0.2, -0.15) is 0 Å². The Bertz CT molecular complexity index is 78.0. The minimum atomic E-state index is -0.833. The molecule has 0 aromatic rings. The van der Waals surface area contributed by atoms with Crippen molar-refractivity contribution in [3.8, 4) is 0 Å². The number of carbonyl (C=O) groups excluding carboxylic acids is 1. The summed E-state index contributed by atoms with van der Waals surface area (Å²) >= 11 is 0. The normalized spacial score (nSPS) is 5.00. The Morgan fingerprint density at radius 2 is 1.40 bits per heavy atom. The molecule has 0 saturated heterocycles. The molecule has 0 unspecified atom stereocenters. The zero-order valence-electron chi connectivity index (χ0n) is 5.77. The van der Waals surface area contributed by atoms with Gasteiger partial charge >= 0.3 is 0 Å². The standard InChI is InChI=1S/C2H4O2.C2H4O.CH2O2/c1-2(3)4;1-2-3;2-1-3/h1H3,(H,3,4);2H,1H3;1H,(H,2,3). The molecule has 5 nitrogen and oxygen atoms in total. The van der Waals surface area contributed by atoms with Crippen LogP contribution in [-0.4, -0.2) is 28.9 Å². The summed E-state index contributed by atoms with van der Waals surface area (Å²) in [6, 6.07) is 0. The van der Waals surface area contributed by atoms with Crippen LogP contribution in [0.2, 0.25) is 0 Å². The summed E-state index contributed by atoms with van der Waals surface area (Å²) < 4.78 is 0. The van der Waals surface area contributed by atoms with Crippen molar-refractivity contribution >= 4 is 18.7 Å². The average molecular weight is 150 g/mol. The van der Waals surface area contributed by atoms with E-state index < -0.39 is 5.97 Å². The van der Waals surface area contributed by atoms with Crippen molar-refractivity contribution < 1.29 is 24.6 Å². The lowest BCUT2D eigenvalue weighted by atomic mass is 10.9. The second-order valence-electron chi connectivity index (χ2n) is 0.860. The monoisotopic (exact) mass is 150 g/mol. The second kappa shape index (κ2) is 25.5. The number of hydrogen-bond acceptors (Lipinski definition) is 3. The second-order valence-corrected chi connectivity index (χ2v) is 0.860. The summed E-state index contributed by atoms with van der Waals surface area (Å²) in [7, 11) is 0. The predicted molar refractivity (Wildman–Crippen MR) is 33.7 cm³/mol. The van der Waals surface area contributed by atoms with Crippen LogP contribution in [0.4, 0.5) is 0 Å². The summed E-state index contributed by atoms with van der Waals surface area (Å²) in [4.78, 5) is 26.2. The highest BCUT2D eigenvalue weighted by Crippen LogP contribution is 1.42. The van der Waals surface area contributed by atoms with E-state index in [9.17, 15) is 0 Å². The predicted octanol–water partition coefficient (Wildman–Crippen LogP) is -0.00310. The molecule has 0 atom stereocenters. The van der Waals surface area contributed by atoms with Gasteiger partial charge in [0.1, 0.15) is 6.29 Å². The van der Waals surface area contributed by atoms with Crippen LogP contribution >= 0.6 is 0 Å². The summed E-state index contributed by atoms with van der Waals surface area (Å²) in [5.41, 5.74) is 0. The van der Waals surface area contributed by atoms with Crippen LogP contribution in [0.3, 0.4) is 0 Å². The molecule has 60 valence electrons. The van der Waals surface area contributed by atoms with Gasteiger partial charge < -0.3 is 15.0 Å². The van der Waals surface area contributed by atoms with E-state index >= 15 is 0 Å². The maximum absolute atomic E-state index is 9.00. The van der Waals surface area contributed by atoms with E-state index in [2.05, 4.69) is 0 Å². The van der Waals surface area contributed by atoms with Crippen LogP contribution in [0.1, 0.15) is 13.8 Å². The van der Waals surface area contributed by atoms with Crippen LogP contribution in [0.15, 0.2) is 0 Å². The molecule has 0 rings (SSSR count). The van der Waals surface area contributed by atoms with Crippen molar-refractivity contribution in [1.29, 1.82) is 0 Å². The number of aliphatic carboxylic acids is 1. The fourth-order valence-electron chi connectivity index (χ4n) is 0. The van der Waals surface area contributed by atoms with Gasteiger partial charge in [-0.05, 0) is 6.92 Å². The Morgan fingerprint density at radius 1 is 1.40 bits per heavy atom. The molecular weight excluding hydrogens is 140 g/mol. The highest BCUT2D eigenvalue weighted by atomic mass is 16.4. The van der Waals surface area contributed by atoms with Crippen LogP contribution in [0, 0.1) is 0 Å². The summed E-state index contributed by atoms with van der Waals surface area (Å²) in [6.07, 6.45) is 0.750. The fraction of sp³-hybridized carbons (Fsp3) is 0.400. The summed E-state index contributed by atoms with van der Waals surface area (Å²) in [5, 5.41) is 14.3. The van der Waals surface area contributed by atoms with E-state index in [4.69, 9.17) is 24.6 Å². The SMILES string of the molecule is CC(=O)O.CC=O.O=CO. The summed E-state index contributed by atoms with van der Waals surface area (Å²) in [6.45, 7) is 2.28. The van der Waals surface area contributed by atoms with Gasteiger partial charge in [-0.3, -0.25) is 9.59 Å². The van der Waals surface area contributed by atoms with Crippen LogP contribution in [0.5, 0.6) is 0 Å². The smallest absolute Gasteiger partial charge is 0.300 e. The Morgan fingerprint density at radius 3 is 1.40 bits per heavy atom. The topological polar surface area (TPSA) is 91.7 Å². The molecule has 0 aliphatic heterocycles. The molecule has 0 aliphatic rings. The molecule has 0 saturated carbocycles. The molecule has 0 heterocycles. The van der Waals surface area contributed by atoms with Gasteiger partial charge in [0.05, 0.1) is 0 Å². The number of aldehydes is 1. The largest absolute Gasteiger partial charge is 0.483 e. The zero-order chi connectivity index (χ0) is 8.99. The van der Waals surface area contributed by atoms with Crippen molar-refractivity contribution in [2.45, 2.75) is 13.8 Å². The molecule has 10 heavy (non-hydrogen) atoms. The average Bonchev–Trinajstić information content (AvgIpc) is 1.65. The van der Waals surface area contributed by atoms with Crippen molar-refractivity contribution in [1.82, 2.24) is 0 Å². The zero-order valence-corrected chi connectivity index (χ0v) is 5.77. The highest BCUT2D eigenvalue weighted by Gasteiger charge is 1.65. The highest BCUT2D eigenvalue weighted by molar-refractivity contribution is 5.62. The van der Waals surface area contributed by atoms with Gasteiger partial charge in [0.15, 0.2) is 0 Å². The number of carboxylic acids is 1. The molecule has 0 bridgehead atoms. The van der Waals surface area contributed by atoms with Gasteiger partial charge in [0, 0.05) is 6.92 Å². The first-order valence-corrected chi connectivity index (χ1v) is 2.23. The minimum absolute atomic E-state index is 0.250. The lowest BCUT2D eigenvalue weighted by Gasteiger charge is -1.59. The van der Waals surface area contributed by atoms with E-state index in [0.717, 1.165) is 13.2 Å². The summed E-state index contributed by atoms with van der Waals surface area (Å²) in [5.74, 6) is -0.833. The molecule has 0 aromatic heterocycles. The maximum atomic E-state index is 9.00. The molecule has 0 amide bonds. The Kier molecular flexibility index (Phi) is 40.4. The lowest BCUT2D eigenvalue weighted by Crippen LogP contribution is -1.78. The molecule has 5 heteroatoms. The van der Waals surface area contributed by atoms with E-state index in [1.807, 2.05) is 0 Å². The Labute approximate surface area is 58.3 Å². The number of hydrogen-bond donors (Lipinski definition) is 2. The van der Waals surface area contributed by atoms with Crippen molar-refractivity contribution in [2.24, 2.45) is 0 Å². The fourth-order valence-corrected chi connectivity index (χ4v) is 0. The van der Waals surface area contributed by atoms with Gasteiger partial charge in [-0.25, -0.2) is 0 Å². The third-order valence-electron chi connectivity index (χ3n) is 0. The van der Waals surface area contributed by atoms with E-state index in [0.29, 0.717) is 0 Å². The quantitative estimate of drug-likeness (QED) is 0.474. The third kappa shape index (κ3) is 108. The molecule has 0 aromatic carbocycles. The van der Waals surface area contributed by atoms with Crippen LogP contribution < -0.4 is 0 Å². The molecule has 0 spiro atoms. The number of carboxylic acid groups (broad SMARTS) is 2. The molecule has 0 fully saturated rings. The Balaban J connectivity index is -0.0000000750. The van der Waals surface area contributed by atoms with Crippen molar-refractivity contribution in [3.63, 3.8) is 0 Å². The van der Waals surface area contributed by atoms with E-state index in [1.165, 1.54) is 6.92 Å². The van der Waals surface area contributed by atoms with Crippen molar-refractivity contribution in [3.05, 3.63) is 0 Å². The first-order valence-electron chi connectivity index (χ1n) is 2.23.